The molecule has 0 aromatic carbocycles. The molecule has 0 saturated heterocycles. The van der Waals surface area contributed by atoms with Crippen LogP contribution in [0.3, 0.4) is 0 Å². The van der Waals surface area contributed by atoms with E-state index in [2.05, 4.69) is 9.97 Å². The second-order valence-corrected chi connectivity index (χ2v) is 4.05. The summed E-state index contributed by atoms with van der Waals surface area (Å²) in [6, 6.07) is 0. The van der Waals surface area contributed by atoms with Crippen molar-refractivity contribution in [3.63, 3.8) is 0 Å². The first-order valence-corrected chi connectivity index (χ1v) is 5.37. The molecule has 0 aliphatic heterocycles. The summed E-state index contributed by atoms with van der Waals surface area (Å²) in [7, 11) is 2.95. The van der Waals surface area contributed by atoms with Gasteiger partial charge in [0.05, 0.1) is 20.4 Å². The highest BCUT2D eigenvalue weighted by molar-refractivity contribution is 5.29. The number of nitrogens with two attached hydrogens (primary N) is 1. The Morgan fingerprint density at radius 1 is 1.41 bits per heavy atom. The molecule has 0 spiro atoms. The van der Waals surface area contributed by atoms with Crippen LogP contribution in [-0.4, -0.2) is 35.8 Å². The lowest BCUT2D eigenvalue weighted by Crippen LogP contribution is -2.41. The van der Waals surface area contributed by atoms with Gasteiger partial charge in [-0.25, -0.2) is 4.98 Å². The quantitative estimate of drug-likeness (QED) is 0.770. The number of rotatable bonds is 5. The number of nitrogens with zero attached hydrogens (tertiary/aromatic N) is 2. The van der Waals surface area contributed by atoms with Gasteiger partial charge in [0.25, 0.3) is 0 Å². The zero-order valence-electron chi connectivity index (χ0n) is 10.6. The fourth-order valence-corrected chi connectivity index (χ4v) is 1.50. The van der Waals surface area contributed by atoms with Crippen LogP contribution in [0.1, 0.15) is 19.5 Å². The Bertz CT molecular complexity index is 384. The minimum atomic E-state index is -1.26. The second kappa shape index (κ2) is 5.29. The maximum atomic E-state index is 10.5. The van der Waals surface area contributed by atoms with Gasteiger partial charge in [0.15, 0.2) is 0 Å². The van der Waals surface area contributed by atoms with E-state index in [1.165, 1.54) is 20.4 Å². The summed E-state index contributed by atoms with van der Waals surface area (Å²) in [6.45, 7) is 3.76. The molecule has 0 fully saturated rings. The smallest absolute Gasteiger partial charge is 0.241 e. The fourth-order valence-electron chi connectivity index (χ4n) is 1.50. The molecular weight excluding hydrogens is 222 g/mol. The molecule has 17 heavy (non-hydrogen) atoms. The molecule has 96 valence electrons. The van der Waals surface area contributed by atoms with E-state index in [0.29, 0.717) is 11.6 Å². The van der Waals surface area contributed by atoms with Crippen molar-refractivity contribution in [1.29, 1.82) is 0 Å². The normalized spacial score (nSPS) is 14.5. The van der Waals surface area contributed by atoms with Crippen LogP contribution in [0.4, 0.5) is 0 Å². The van der Waals surface area contributed by atoms with Gasteiger partial charge in [-0.1, -0.05) is 13.8 Å². The zero-order valence-corrected chi connectivity index (χ0v) is 10.6. The van der Waals surface area contributed by atoms with E-state index >= 15 is 0 Å². The molecule has 0 amide bonds. The number of aromatic nitrogens is 2. The Hall–Kier alpha value is -1.40. The molecule has 0 aliphatic carbocycles. The summed E-state index contributed by atoms with van der Waals surface area (Å²) >= 11 is 0. The summed E-state index contributed by atoms with van der Waals surface area (Å²) in [4.78, 5) is 8.23. The van der Waals surface area contributed by atoms with E-state index in [1.54, 1.807) is 0 Å². The average molecular weight is 241 g/mol. The molecule has 1 aromatic rings. The summed E-state index contributed by atoms with van der Waals surface area (Å²) < 4.78 is 10.1. The molecule has 3 N–H and O–H groups in total. The van der Waals surface area contributed by atoms with E-state index in [9.17, 15) is 5.11 Å². The van der Waals surface area contributed by atoms with E-state index in [4.69, 9.17) is 15.2 Å². The molecule has 1 aromatic heterocycles. The summed E-state index contributed by atoms with van der Waals surface area (Å²) in [5.74, 6) is 0.448. The van der Waals surface area contributed by atoms with Crippen LogP contribution in [-0.2, 0) is 5.60 Å². The highest BCUT2D eigenvalue weighted by Gasteiger charge is 2.37. The predicted octanol–water partition coefficient (Wildman–Crippen LogP) is 0.296. The lowest BCUT2D eigenvalue weighted by molar-refractivity contribution is -0.00807. The van der Waals surface area contributed by atoms with Crippen LogP contribution in [0.15, 0.2) is 6.20 Å². The maximum Gasteiger partial charge on any atom is 0.241 e. The number of methoxy groups -OCH3 is 2. The van der Waals surface area contributed by atoms with E-state index < -0.39 is 5.60 Å². The van der Waals surface area contributed by atoms with Crippen molar-refractivity contribution < 1.29 is 14.6 Å². The SMILES string of the molecule is COc1cnc(C(O)(CN)C(C)C)c(OC)n1. The first-order chi connectivity index (χ1) is 7.99. The van der Waals surface area contributed by atoms with Crippen molar-refractivity contribution in [1.82, 2.24) is 9.97 Å². The van der Waals surface area contributed by atoms with Crippen molar-refractivity contribution in [3.8, 4) is 11.8 Å². The Morgan fingerprint density at radius 3 is 2.47 bits per heavy atom. The molecule has 0 radical (unpaired) electrons. The number of aliphatic hydroxyl groups is 1. The van der Waals surface area contributed by atoms with Gasteiger partial charge in [0, 0.05) is 6.54 Å². The molecule has 0 saturated carbocycles. The Labute approximate surface area is 101 Å². The third-order valence-electron chi connectivity index (χ3n) is 2.80. The van der Waals surface area contributed by atoms with Gasteiger partial charge in [0.1, 0.15) is 11.3 Å². The standard InChI is InChI=1S/C11H19N3O3/c1-7(2)11(15,6-12)9-10(17-4)14-8(16-3)5-13-9/h5,7,15H,6,12H2,1-4H3. The zero-order chi connectivity index (χ0) is 13.1. The Morgan fingerprint density at radius 2 is 2.06 bits per heavy atom. The minimum absolute atomic E-state index is 0.0437. The van der Waals surface area contributed by atoms with Gasteiger partial charge in [-0.3, -0.25) is 0 Å². The van der Waals surface area contributed by atoms with Gasteiger partial charge in [-0.2, -0.15) is 4.98 Å². The lowest BCUT2D eigenvalue weighted by atomic mass is 9.87. The summed E-state index contributed by atoms with van der Waals surface area (Å²) in [6.07, 6.45) is 1.43. The number of ether oxygens (including phenoxy) is 2. The number of hydrogen-bond donors (Lipinski definition) is 2. The lowest BCUT2D eigenvalue weighted by Gasteiger charge is -2.30. The maximum absolute atomic E-state index is 10.5. The van der Waals surface area contributed by atoms with Crippen molar-refractivity contribution in [2.24, 2.45) is 11.7 Å². The highest BCUT2D eigenvalue weighted by atomic mass is 16.5. The Balaban J connectivity index is 3.29. The molecule has 6 nitrogen and oxygen atoms in total. The average Bonchev–Trinajstić information content (AvgIpc) is 2.36. The molecule has 6 heteroatoms. The van der Waals surface area contributed by atoms with Gasteiger partial charge < -0.3 is 20.3 Å². The van der Waals surface area contributed by atoms with Crippen molar-refractivity contribution in [2.45, 2.75) is 19.4 Å². The minimum Gasteiger partial charge on any atom is -0.480 e. The highest BCUT2D eigenvalue weighted by Crippen LogP contribution is 2.33. The van der Waals surface area contributed by atoms with Crippen LogP contribution < -0.4 is 15.2 Å². The predicted molar refractivity (Wildman–Crippen MR) is 62.9 cm³/mol. The molecular formula is C11H19N3O3. The topological polar surface area (TPSA) is 90.5 Å². The van der Waals surface area contributed by atoms with Gasteiger partial charge in [-0.15, -0.1) is 0 Å². The third kappa shape index (κ3) is 2.48. The van der Waals surface area contributed by atoms with E-state index in [-0.39, 0.29) is 18.3 Å². The molecule has 1 rings (SSSR count). The van der Waals surface area contributed by atoms with E-state index in [0.717, 1.165) is 0 Å². The first kappa shape index (κ1) is 13.7. The van der Waals surface area contributed by atoms with Crippen LogP contribution in [0.2, 0.25) is 0 Å². The fraction of sp³-hybridized carbons (Fsp3) is 0.636. The van der Waals surface area contributed by atoms with Crippen LogP contribution in [0, 0.1) is 5.92 Å². The van der Waals surface area contributed by atoms with E-state index in [1.807, 2.05) is 13.8 Å². The van der Waals surface area contributed by atoms with Gasteiger partial charge in [0.2, 0.25) is 11.8 Å². The largest absolute Gasteiger partial charge is 0.480 e. The molecule has 1 unspecified atom stereocenters. The van der Waals surface area contributed by atoms with Crippen molar-refractivity contribution in [3.05, 3.63) is 11.9 Å². The van der Waals surface area contributed by atoms with Crippen LogP contribution in [0.5, 0.6) is 11.8 Å². The number of hydrogen-bond acceptors (Lipinski definition) is 6. The Kier molecular flexibility index (Phi) is 4.25. The molecule has 0 aliphatic rings. The van der Waals surface area contributed by atoms with Gasteiger partial charge >= 0.3 is 0 Å². The second-order valence-electron chi connectivity index (χ2n) is 4.05. The molecule has 0 bridgehead atoms. The summed E-state index contributed by atoms with van der Waals surface area (Å²) in [5, 5.41) is 10.5. The van der Waals surface area contributed by atoms with Gasteiger partial charge in [-0.05, 0) is 5.92 Å². The monoisotopic (exact) mass is 241 g/mol. The van der Waals surface area contributed by atoms with Crippen molar-refractivity contribution >= 4 is 0 Å². The molecule has 1 atom stereocenters. The van der Waals surface area contributed by atoms with Crippen LogP contribution in [0.25, 0.3) is 0 Å². The molecule has 1 heterocycles. The van der Waals surface area contributed by atoms with Crippen molar-refractivity contribution in [2.75, 3.05) is 20.8 Å². The first-order valence-electron chi connectivity index (χ1n) is 5.37. The van der Waals surface area contributed by atoms with Crippen LogP contribution >= 0.6 is 0 Å². The third-order valence-corrected chi connectivity index (χ3v) is 2.80. The summed E-state index contributed by atoms with van der Waals surface area (Å²) in [5.41, 5.74) is 4.70.